The van der Waals surface area contributed by atoms with Crippen LogP contribution in [0.25, 0.3) is 11.0 Å². The van der Waals surface area contributed by atoms with Crippen LogP contribution in [0.3, 0.4) is 0 Å². The molecule has 0 aliphatic carbocycles. The second kappa shape index (κ2) is 6.37. The van der Waals surface area contributed by atoms with E-state index in [1.807, 2.05) is 20.8 Å². The Balaban J connectivity index is 1.80. The van der Waals surface area contributed by atoms with Crippen LogP contribution in [-0.4, -0.2) is 39.2 Å². The Bertz CT molecular complexity index is 860. The lowest BCUT2D eigenvalue weighted by Crippen LogP contribution is -2.43. The lowest BCUT2D eigenvalue weighted by Gasteiger charge is -2.33. The van der Waals surface area contributed by atoms with Crippen LogP contribution in [0.1, 0.15) is 39.7 Å². The van der Waals surface area contributed by atoms with Gasteiger partial charge in [0.15, 0.2) is 0 Å². The summed E-state index contributed by atoms with van der Waals surface area (Å²) in [7, 11) is 0. The van der Waals surface area contributed by atoms with Gasteiger partial charge in [0.2, 0.25) is 0 Å². The zero-order valence-electron chi connectivity index (χ0n) is 14.4. The normalized spacial score (nSPS) is 16.4. The van der Waals surface area contributed by atoms with Gasteiger partial charge in [-0.05, 0) is 45.7 Å². The zero-order valence-corrected chi connectivity index (χ0v) is 15.2. The minimum absolute atomic E-state index is 0.127. The molecule has 1 saturated heterocycles. The molecule has 0 radical (unpaired) electrons. The van der Waals surface area contributed by atoms with Crippen LogP contribution in [0, 0.1) is 5.82 Å². The fourth-order valence-electron chi connectivity index (χ4n) is 3.15. The number of nitrogens with one attached hydrogen (secondary N) is 1. The molecule has 6 nitrogen and oxygen atoms in total. The summed E-state index contributed by atoms with van der Waals surface area (Å²) in [4.78, 5) is 28.6. The van der Waals surface area contributed by atoms with Crippen LogP contribution in [-0.2, 0) is 4.74 Å². The number of H-pyrrole nitrogens is 1. The van der Waals surface area contributed by atoms with Gasteiger partial charge in [0, 0.05) is 24.2 Å². The van der Waals surface area contributed by atoms with E-state index in [9.17, 15) is 14.0 Å². The van der Waals surface area contributed by atoms with E-state index in [0.717, 1.165) is 0 Å². The van der Waals surface area contributed by atoms with Crippen LogP contribution >= 0.6 is 11.6 Å². The number of rotatable bonds is 1. The predicted octanol–water partition coefficient (Wildman–Crippen LogP) is 3.69. The molecule has 0 atom stereocenters. The zero-order chi connectivity index (χ0) is 18.4. The third-order valence-electron chi connectivity index (χ3n) is 4.23. The maximum absolute atomic E-state index is 14.0. The van der Waals surface area contributed by atoms with Crippen LogP contribution < -0.4 is 5.69 Å². The van der Waals surface area contributed by atoms with Crippen molar-refractivity contribution in [1.82, 2.24) is 14.5 Å². The van der Waals surface area contributed by atoms with Crippen LogP contribution in [0.15, 0.2) is 16.9 Å². The number of nitrogens with zero attached hydrogens (tertiary/aromatic N) is 2. The molecule has 0 saturated carbocycles. The van der Waals surface area contributed by atoms with Gasteiger partial charge in [0.25, 0.3) is 0 Å². The lowest BCUT2D eigenvalue weighted by molar-refractivity contribution is 0.0189. The molecule has 1 amide bonds. The predicted molar refractivity (Wildman–Crippen MR) is 93.6 cm³/mol. The largest absolute Gasteiger partial charge is 0.444 e. The minimum Gasteiger partial charge on any atom is -0.444 e. The summed E-state index contributed by atoms with van der Waals surface area (Å²) < 4.78 is 20.9. The number of ether oxygens (including phenoxy) is 1. The molecule has 0 bridgehead atoms. The van der Waals surface area contributed by atoms with Gasteiger partial charge in [-0.25, -0.2) is 14.0 Å². The average Bonchev–Trinajstić information content (AvgIpc) is 2.82. The fraction of sp³-hybridized carbons (Fsp3) is 0.529. The van der Waals surface area contributed by atoms with E-state index in [0.29, 0.717) is 31.4 Å². The summed E-state index contributed by atoms with van der Waals surface area (Å²) in [5.74, 6) is -0.551. The topological polar surface area (TPSA) is 67.3 Å². The molecule has 1 N–H and O–H groups in total. The van der Waals surface area contributed by atoms with Gasteiger partial charge in [-0.1, -0.05) is 11.6 Å². The average molecular weight is 370 g/mol. The molecule has 1 aliphatic rings. The van der Waals surface area contributed by atoms with E-state index >= 15 is 0 Å². The number of likely N-dealkylation sites (tertiary alicyclic amines) is 1. The van der Waals surface area contributed by atoms with Gasteiger partial charge in [-0.15, -0.1) is 0 Å². The third kappa shape index (κ3) is 3.66. The standard InChI is InChI=1S/C17H21ClFN3O3/c1-17(2,3)25-16(24)21-6-4-11(5-7-21)22-13-9-10(18)8-12(19)14(13)20-15(22)23/h8-9,11H,4-7H2,1-3H3,(H,20,23). The second-order valence-electron chi connectivity index (χ2n) is 7.28. The van der Waals surface area contributed by atoms with Gasteiger partial charge < -0.3 is 14.6 Å². The molecule has 8 heteroatoms. The molecule has 136 valence electrons. The van der Waals surface area contributed by atoms with E-state index in [1.165, 1.54) is 10.6 Å². The number of piperidine rings is 1. The maximum atomic E-state index is 14.0. The van der Waals surface area contributed by atoms with Crippen molar-refractivity contribution in [2.24, 2.45) is 0 Å². The van der Waals surface area contributed by atoms with Gasteiger partial charge in [-0.2, -0.15) is 0 Å². The Morgan fingerprint density at radius 2 is 1.96 bits per heavy atom. The number of aromatic amines is 1. The molecular formula is C17H21ClFN3O3. The Morgan fingerprint density at radius 3 is 2.56 bits per heavy atom. The molecule has 0 spiro atoms. The van der Waals surface area contributed by atoms with Crippen molar-refractivity contribution < 1.29 is 13.9 Å². The number of benzene rings is 1. The number of carbonyl (C=O) groups is 1. The Hall–Kier alpha value is -2.02. The summed E-state index contributed by atoms with van der Waals surface area (Å²) in [5, 5.41) is 0.240. The van der Waals surface area contributed by atoms with E-state index < -0.39 is 11.4 Å². The summed E-state index contributed by atoms with van der Waals surface area (Å²) in [6, 6.07) is 2.63. The molecule has 2 aromatic rings. The van der Waals surface area contributed by atoms with E-state index in [4.69, 9.17) is 16.3 Å². The Kier molecular flexibility index (Phi) is 4.53. The molecule has 3 rings (SSSR count). The summed E-state index contributed by atoms with van der Waals surface area (Å²) >= 11 is 5.93. The van der Waals surface area contributed by atoms with Crippen molar-refractivity contribution in [3.05, 3.63) is 33.5 Å². The van der Waals surface area contributed by atoms with Crippen molar-refractivity contribution in [3.63, 3.8) is 0 Å². The smallest absolute Gasteiger partial charge is 0.410 e. The first-order chi connectivity index (χ1) is 11.7. The third-order valence-corrected chi connectivity index (χ3v) is 4.44. The van der Waals surface area contributed by atoms with Crippen molar-refractivity contribution in [2.45, 2.75) is 45.3 Å². The molecule has 1 aromatic heterocycles. The van der Waals surface area contributed by atoms with Crippen molar-refractivity contribution in [3.8, 4) is 0 Å². The molecule has 2 heterocycles. The highest BCUT2D eigenvalue weighted by molar-refractivity contribution is 6.31. The van der Waals surface area contributed by atoms with Gasteiger partial charge in [0.05, 0.1) is 5.52 Å². The van der Waals surface area contributed by atoms with Gasteiger partial charge in [0.1, 0.15) is 16.9 Å². The first-order valence-corrected chi connectivity index (χ1v) is 8.61. The number of amides is 1. The number of fused-ring (bicyclic) bond motifs is 1. The molecular weight excluding hydrogens is 349 g/mol. The van der Waals surface area contributed by atoms with E-state index in [1.54, 1.807) is 11.0 Å². The first kappa shape index (κ1) is 17.8. The van der Waals surface area contributed by atoms with Crippen molar-refractivity contribution in [1.29, 1.82) is 0 Å². The monoisotopic (exact) mass is 369 g/mol. The SMILES string of the molecule is CC(C)(C)OC(=O)N1CCC(n2c(=O)[nH]c3c(F)cc(Cl)cc32)CC1. The highest BCUT2D eigenvalue weighted by Gasteiger charge is 2.29. The number of carbonyl (C=O) groups excluding carboxylic acids is 1. The van der Waals surface area contributed by atoms with Crippen molar-refractivity contribution in [2.75, 3.05) is 13.1 Å². The number of hydrogen-bond donors (Lipinski definition) is 1. The number of hydrogen-bond acceptors (Lipinski definition) is 3. The quantitative estimate of drug-likeness (QED) is 0.833. The van der Waals surface area contributed by atoms with E-state index in [-0.39, 0.29) is 28.4 Å². The molecule has 0 unspecified atom stereocenters. The number of halogens is 2. The number of aromatic nitrogens is 2. The molecule has 1 aromatic carbocycles. The minimum atomic E-state index is -0.551. The Labute approximate surface area is 149 Å². The van der Waals surface area contributed by atoms with Gasteiger partial charge >= 0.3 is 11.8 Å². The van der Waals surface area contributed by atoms with Crippen LogP contribution in [0.4, 0.5) is 9.18 Å². The number of imidazole rings is 1. The lowest BCUT2D eigenvalue weighted by atomic mass is 10.0. The second-order valence-corrected chi connectivity index (χ2v) is 7.72. The highest BCUT2D eigenvalue weighted by atomic mass is 35.5. The van der Waals surface area contributed by atoms with E-state index in [2.05, 4.69) is 4.98 Å². The summed E-state index contributed by atoms with van der Waals surface area (Å²) in [6.45, 7) is 6.41. The van der Waals surface area contributed by atoms with Crippen molar-refractivity contribution >= 4 is 28.7 Å². The molecule has 25 heavy (non-hydrogen) atoms. The van der Waals surface area contributed by atoms with Gasteiger partial charge in [-0.3, -0.25) is 4.57 Å². The fourth-order valence-corrected chi connectivity index (χ4v) is 3.35. The molecule has 1 aliphatic heterocycles. The highest BCUT2D eigenvalue weighted by Crippen LogP contribution is 2.28. The van der Waals surface area contributed by atoms with Crippen LogP contribution in [0.5, 0.6) is 0 Å². The Morgan fingerprint density at radius 1 is 1.32 bits per heavy atom. The maximum Gasteiger partial charge on any atom is 0.410 e. The van der Waals surface area contributed by atoms with Crippen LogP contribution in [0.2, 0.25) is 5.02 Å². The summed E-state index contributed by atoms with van der Waals surface area (Å²) in [5.41, 5.74) is -0.308. The first-order valence-electron chi connectivity index (χ1n) is 8.23. The summed E-state index contributed by atoms with van der Waals surface area (Å²) in [6.07, 6.45) is 0.812. The molecule has 1 fully saturated rings.